The van der Waals surface area contributed by atoms with Gasteiger partial charge in [-0.2, -0.15) is 0 Å². The molecule has 1 aromatic heterocycles. The van der Waals surface area contributed by atoms with E-state index in [1.54, 1.807) is 6.07 Å². The molecule has 0 fully saturated rings. The lowest BCUT2D eigenvalue weighted by atomic mass is 10.1. The first-order valence-electron chi connectivity index (χ1n) is 5.77. The lowest BCUT2D eigenvalue weighted by Crippen LogP contribution is -2.33. The highest BCUT2D eigenvalue weighted by Crippen LogP contribution is 2.11. The second-order valence-electron chi connectivity index (χ2n) is 4.30. The van der Waals surface area contributed by atoms with Gasteiger partial charge in [-0.05, 0) is 26.8 Å². The van der Waals surface area contributed by atoms with Crippen molar-refractivity contribution < 1.29 is 14.3 Å². The van der Waals surface area contributed by atoms with E-state index in [4.69, 9.17) is 4.74 Å². The molecular formula is C12H19N3O3. The summed E-state index contributed by atoms with van der Waals surface area (Å²) in [5, 5.41) is 3.11. The summed E-state index contributed by atoms with van der Waals surface area (Å²) in [5.41, 5.74) is -0.300. The number of carbonyl (C=O) groups is 1. The van der Waals surface area contributed by atoms with E-state index in [1.807, 2.05) is 20.8 Å². The summed E-state index contributed by atoms with van der Waals surface area (Å²) in [7, 11) is 1.30. The fraction of sp³-hybridized carbons (Fsp3) is 0.583. The van der Waals surface area contributed by atoms with Crippen LogP contribution >= 0.6 is 0 Å². The van der Waals surface area contributed by atoms with Crippen molar-refractivity contribution >= 4 is 11.8 Å². The number of esters is 1. The summed E-state index contributed by atoms with van der Waals surface area (Å²) >= 11 is 0. The minimum Gasteiger partial charge on any atom is -0.463 e. The maximum atomic E-state index is 11.3. The summed E-state index contributed by atoms with van der Waals surface area (Å²) in [6, 6.07) is 1.69. The molecule has 0 bridgehead atoms. The van der Waals surface area contributed by atoms with Gasteiger partial charge in [-0.15, -0.1) is 0 Å². The van der Waals surface area contributed by atoms with Crippen LogP contribution in [0.15, 0.2) is 12.3 Å². The smallest absolute Gasteiger partial charge is 0.376 e. The van der Waals surface area contributed by atoms with E-state index in [-0.39, 0.29) is 11.4 Å². The van der Waals surface area contributed by atoms with Crippen LogP contribution in [0.1, 0.15) is 31.4 Å². The Labute approximate surface area is 107 Å². The molecule has 0 aromatic carbocycles. The van der Waals surface area contributed by atoms with Gasteiger partial charge >= 0.3 is 5.97 Å². The molecule has 6 heteroatoms. The molecule has 0 unspecified atom stereocenters. The average molecular weight is 253 g/mol. The minimum absolute atomic E-state index is 0.0386. The zero-order chi connectivity index (χ0) is 13.6. The Morgan fingerprint density at radius 2 is 2.22 bits per heavy atom. The molecule has 0 saturated carbocycles. The first kappa shape index (κ1) is 14.4. The number of ether oxygens (including phenoxy) is 2. The Bertz CT molecular complexity index is 407. The number of carbonyl (C=O) groups excluding carboxylic acids is 1. The van der Waals surface area contributed by atoms with Crippen molar-refractivity contribution in [1.82, 2.24) is 9.97 Å². The van der Waals surface area contributed by atoms with Crippen LogP contribution in [0, 0.1) is 0 Å². The summed E-state index contributed by atoms with van der Waals surface area (Å²) in [6.45, 7) is 7.13. The third-order valence-electron chi connectivity index (χ3n) is 2.25. The molecule has 0 aliphatic rings. The highest BCUT2D eigenvalue weighted by Gasteiger charge is 2.17. The Hall–Kier alpha value is -1.69. The average Bonchev–Trinajstić information content (AvgIpc) is 2.36. The van der Waals surface area contributed by atoms with Gasteiger partial charge in [0.05, 0.1) is 12.7 Å². The maximum Gasteiger partial charge on any atom is 0.376 e. The van der Waals surface area contributed by atoms with E-state index in [0.717, 1.165) is 0 Å². The lowest BCUT2D eigenvalue weighted by molar-refractivity contribution is 0.000640. The first-order valence-corrected chi connectivity index (χ1v) is 5.77. The molecule has 1 rings (SSSR count). The van der Waals surface area contributed by atoms with Crippen molar-refractivity contribution in [1.29, 1.82) is 0 Å². The number of rotatable bonds is 6. The number of aromatic nitrogens is 2. The molecule has 1 heterocycles. The molecule has 1 aromatic rings. The van der Waals surface area contributed by atoms with Crippen molar-refractivity contribution in [3.05, 3.63) is 18.1 Å². The van der Waals surface area contributed by atoms with Crippen LogP contribution < -0.4 is 5.32 Å². The van der Waals surface area contributed by atoms with Crippen LogP contribution in [-0.4, -0.2) is 41.8 Å². The third kappa shape index (κ3) is 4.29. The Kier molecular flexibility index (Phi) is 5.03. The zero-order valence-electron chi connectivity index (χ0n) is 11.2. The standard InChI is InChI=1S/C12H19N3O3/c1-5-18-12(2,3)8-14-9-6-7-13-10(15-9)11(16)17-4/h6-7H,5,8H2,1-4H3,(H,13,14,15). The van der Waals surface area contributed by atoms with Crippen molar-refractivity contribution in [3.8, 4) is 0 Å². The molecule has 0 aliphatic heterocycles. The molecule has 6 nitrogen and oxygen atoms in total. The Morgan fingerprint density at radius 3 is 2.83 bits per heavy atom. The number of nitrogens with one attached hydrogen (secondary N) is 1. The van der Waals surface area contributed by atoms with Gasteiger partial charge in [-0.1, -0.05) is 0 Å². The van der Waals surface area contributed by atoms with Crippen LogP contribution in [0.2, 0.25) is 0 Å². The third-order valence-corrected chi connectivity index (χ3v) is 2.25. The Morgan fingerprint density at radius 1 is 1.50 bits per heavy atom. The first-order chi connectivity index (χ1) is 8.48. The minimum atomic E-state index is -0.553. The van der Waals surface area contributed by atoms with Crippen LogP contribution in [0.5, 0.6) is 0 Å². The molecule has 0 saturated heterocycles. The largest absolute Gasteiger partial charge is 0.463 e. The zero-order valence-corrected chi connectivity index (χ0v) is 11.2. The highest BCUT2D eigenvalue weighted by atomic mass is 16.5. The number of anilines is 1. The van der Waals surface area contributed by atoms with E-state index in [9.17, 15) is 4.79 Å². The van der Waals surface area contributed by atoms with Crippen molar-refractivity contribution in [2.24, 2.45) is 0 Å². The van der Waals surface area contributed by atoms with Gasteiger partial charge in [0.25, 0.3) is 0 Å². The van der Waals surface area contributed by atoms with Crippen molar-refractivity contribution in [2.75, 3.05) is 25.6 Å². The number of methoxy groups -OCH3 is 1. The number of hydrogen-bond donors (Lipinski definition) is 1. The predicted octanol–water partition coefficient (Wildman–Crippen LogP) is 1.49. The van der Waals surface area contributed by atoms with Crippen molar-refractivity contribution in [2.45, 2.75) is 26.4 Å². The normalized spacial score (nSPS) is 11.1. The van der Waals surface area contributed by atoms with Gasteiger partial charge in [0.1, 0.15) is 5.82 Å². The van der Waals surface area contributed by atoms with E-state index in [1.165, 1.54) is 13.3 Å². The van der Waals surface area contributed by atoms with Gasteiger partial charge in [0.2, 0.25) is 5.82 Å². The molecule has 0 aliphatic carbocycles. The van der Waals surface area contributed by atoms with Crippen LogP contribution in [0.3, 0.4) is 0 Å². The fourth-order valence-electron chi connectivity index (χ4n) is 1.39. The van der Waals surface area contributed by atoms with Gasteiger partial charge in [-0.25, -0.2) is 14.8 Å². The topological polar surface area (TPSA) is 73.3 Å². The Balaban J connectivity index is 2.65. The molecular weight excluding hydrogens is 234 g/mol. The molecule has 0 atom stereocenters. The molecule has 18 heavy (non-hydrogen) atoms. The number of nitrogens with zero attached hydrogens (tertiary/aromatic N) is 2. The van der Waals surface area contributed by atoms with Crippen molar-refractivity contribution in [3.63, 3.8) is 0 Å². The monoisotopic (exact) mass is 253 g/mol. The lowest BCUT2D eigenvalue weighted by Gasteiger charge is -2.25. The molecule has 100 valence electrons. The fourth-order valence-corrected chi connectivity index (χ4v) is 1.39. The predicted molar refractivity (Wildman–Crippen MR) is 67.6 cm³/mol. The molecule has 0 amide bonds. The van der Waals surface area contributed by atoms with Gasteiger partial charge in [-0.3, -0.25) is 0 Å². The summed E-state index contributed by atoms with van der Waals surface area (Å²) < 4.78 is 10.1. The molecule has 0 radical (unpaired) electrons. The van der Waals surface area contributed by atoms with Crippen LogP contribution in [-0.2, 0) is 9.47 Å². The summed E-state index contributed by atoms with van der Waals surface area (Å²) in [4.78, 5) is 19.2. The molecule has 1 N–H and O–H groups in total. The van der Waals surface area contributed by atoms with Crippen LogP contribution in [0.25, 0.3) is 0 Å². The van der Waals surface area contributed by atoms with Gasteiger partial charge in [0, 0.05) is 19.3 Å². The number of hydrogen-bond acceptors (Lipinski definition) is 6. The molecule has 0 spiro atoms. The van der Waals surface area contributed by atoms with E-state index in [2.05, 4.69) is 20.0 Å². The van der Waals surface area contributed by atoms with E-state index >= 15 is 0 Å². The second kappa shape index (κ2) is 6.30. The summed E-state index contributed by atoms with van der Waals surface area (Å²) in [5.74, 6) is 0.0533. The van der Waals surface area contributed by atoms with Gasteiger partial charge in [0.15, 0.2) is 0 Å². The summed E-state index contributed by atoms with van der Waals surface area (Å²) in [6.07, 6.45) is 1.51. The van der Waals surface area contributed by atoms with E-state index < -0.39 is 5.97 Å². The van der Waals surface area contributed by atoms with Gasteiger partial charge < -0.3 is 14.8 Å². The second-order valence-corrected chi connectivity index (χ2v) is 4.30. The maximum absolute atomic E-state index is 11.3. The highest BCUT2D eigenvalue weighted by molar-refractivity contribution is 5.85. The van der Waals surface area contributed by atoms with Crippen LogP contribution in [0.4, 0.5) is 5.82 Å². The SMILES string of the molecule is CCOC(C)(C)CNc1ccnc(C(=O)OC)n1. The van der Waals surface area contributed by atoms with E-state index in [0.29, 0.717) is 19.0 Å². The quantitative estimate of drug-likeness (QED) is 0.774.